The summed E-state index contributed by atoms with van der Waals surface area (Å²) >= 11 is 6.12. The predicted molar refractivity (Wildman–Crippen MR) is 103 cm³/mol. The van der Waals surface area contributed by atoms with Crippen molar-refractivity contribution in [3.63, 3.8) is 0 Å². The molecule has 0 unspecified atom stereocenters. The summed E-state index contributed by atoms with van der Waals surface area (Å²) in [6, 6.07) is 13.0. The summed E-state index contributed by atoms with van der Waals surface area (Å²) in [5, 5.41) is 6.42. The molecule has 0 atom stereocenters. The third-order valence-corrected chi connectivity index (χ3v) is 4.25. The van der Waals surface area contributed by atoms with E-state index in [0.717, 1.165) is 11.1 Å². The minimum atomic E-state index is -0.102. The number of anilines is 2. The minimum Gasteiger partial charge on any atom is -0.326 e. The molecule has 5 heteroatoms. The monoisotopic (exact) mass is 358 g/mol. The van der Waals surface area contributed by atoms with Gasteiger partial charge in [-0.05, 0) is 42.7 Å². The van der Waals surface area contributed by atoms with Crippen molar-refractivity contribution in [1.29, 1.82) is 0 Å². The van der Waals surface area contributed by atoms with Gasteiger partial charge in [0.05, 0.1) is 0 Å². The molecule has 132 valence electrons. The maximum atomic E-state index is 12.2. The van der Waals surface area contributed by atoms with Gasteiger partial charge in [-0.2, -0.15) is 0 Å². The van der Waals surface area contributed by atoms with Crippen LogP contribution >= 0.6 is 11.6 Å². The van der Waals surface area contributed by atoms with Crippen LogP contribution in [-0.2, 0) is 16.0 Å². The second kappa shape index (κ2) is 8.67. The van der Waals surface area contributed by atoms with E-state index in [2.05, 4.69) is 10.6 Å². The molecular weight excluding hydrogens is 336 g/mol. The molecule has 0 aliphatic rings. The molecule has 2 aromatic carbocycles. The van der Waals surface area contributed by atoms with E-state index < -0.39 is 0 Å². The number of nitrogens with one attached hydrogen (secondary N) is 2. The molecule has 2 N–H and O–H groups in total. The Morgan fingerprint density at radius 1 is 1.08 bits per heavy atom. The lowest BCUT2D eigenvalue weighted by molar-refractivity contribution is -0.119. The second-order valence-electron chi connectivity index (χ2n) is 6.31. The predicted octanol–water partition coefficient (Wildman–Crippen LogP) is 4.81. The first kappa shape index (κ1) is 19.0. The van der Waals surface area contributed by atoms with Crippen LogP contribution in [0.5, 0.6) is 0 Å². The van der Waals surface area contributed by atoms with Crippen molar-refractivity contribution < 1.29 is 9.59 Å². The Morgan fingerprint density at radius 2 is 1.80 bits per heavy atom. The Labute approximate surface area is 153 Å². The van der Waals surface area contributed by atoms with Gasteiger partial charge in [-0.1, -0.05) is 49.7 Å². The van der Waals surface area contributed by atoms with Crippen molar-refractivity contribution in [1.82, 2.24) is 0 Å². The van der Waals surface area contributed by atoms with Gasteiger partial charge in [0.15, 0.2) is 0 Å². The zero-order valence-corrected chi connectivity index (χ0v) is 15.5. The summed E-state index contributed by atoms with van der Waals surface area (Å²) in [5.74, 6) is -0.245. The average Bonchev–Trinajstić information content (AvgIpc) is 2.57. The van der Waals surface area contributed by atoms with E-state index in [1.807, 2.05) is 57.2 Å². The number of aryl methyl sites for hydroxylation is 2. The van der Waals surface area contributed by atoms with Crippen LogP contribution in [0.2, 0.25) is 5.02 Å². The molecule has 0 aliphatic carbocycles. The summed E-state index contributed by atoms with van der Waals surface area (Å²) in [7, 11) is 0. The van der Waals surface area contributed by atoms with Crippen LogP contribution in [0, 0.1) is 12.8 Å². The van der Waals surface area contributed by atoms with Crippen LogP contribution in [0.1, 0.15) is 31.4 Å². The van der Waals surface area contributed by atoms with Gasteiger partial charge in [-0.3, -0.25) is 9.59 Å². The van der Waals surface area contributed by atoms with Crippen LogP contribution in [0.15, 0.2) is 42.5 Å². The van der Waals surface area contributed by atoms with Crippen LogP contribution in [0.25, 0.3) is 0 Å². The highest BCUT2D eigenvalue weighted by Crippen LogP contribution is 2.22. The largest absolute Gasteiger partial charge is 0.326 e. The van der Waals surface area contributed by atoms with Crippen LogP contribution in [-0.4, -0.2) is 11.8 Å². The zero-order chi connectivity index (χ0) is 18.4. The Bertz CT molecular complexity index is 772. The first-order valence-electron chi connectivity index (χ1n) is 8.31. The SMILES string of the molecule is Cc1ccc(NC(=O)C(C)C)cc1NC(=O)CCc1ccccc1Cl. The third-order valence-electron chi connectivity index (χ3n) is 3.88. The van der Waals surface area contributed by atoms with Crippen LogP contribution < -0.4 is 10.6 Å². The van der Waals surface area contributed by atoms with E-state index in [-0.39, 0.29) is 17.7 Å². The normalized spacial score (nSPS) is 10.6. The lowest BCUT2D eigenvalue weighted by atomic mass is 10.1. The Morgan fingerprint density at radius 3 is 2.48 bits per heavy atom. The molecule has 2 amide bonds. The number of rotatable bonds is 6. The Balaban J connectivity index is 2.00. The van der Waals surface area contributed by atoms with E-state index in [9.17, 15) is 9.59 Å². The maximum Gasteiger partial charge on any atom is 0.226 e. The highest BCUT2D eigenvalue weighted by Gasteiger charge is 2.10. The van der Waals surface area contributed by atoms with Gasteiger partial charge in [0.1, 0.15) is 0 Å². The molecule has 0 fully saturated rings. The molecule has 0 spiro atoms. The quantitative estimate of drug-likeness (QED) is 0.778. The summed E-state index contributed by atoms with van der Waals surface area (Å²) in [4.78, 5) is 24.1. The molecule has 2 rings (SSSR count). The molecule has 0 aromatic heterocycles. The molecule has 25 heavy (non-hydrogen) atoms. The van der Waals surface area contributed by atoms with Gasteiger partial charge in [-0.25, -0.2) is 0 Å². The number of hydrogen-bond acceptors (Lipinski definition) is 2. The lowest BCUT2D eigenvalue weighted by Gasteiger charge is -2.13. The number of carbonyl (C=O) groups excluding carboxylic acids is 2. The number of hydrogen-bond donors (Lipinski definition) is 2. The van der Waals surface area contributed by atoms with E-state index >= 15 is 0 Å². The van der Waals surface area contributed by atoms with Crippen LogP contribution in [0.4, 0.5) is 11.4 Å². The topological polar surface area (TPSA) is 58.2 Å². The van der Waals surface area contributed by atoms with Crippen LogP contribution in [0.3, 0.4) is 0 Å². The first-order valence-corrected chi connectivity index (χ1v) is 8.69. The van der Waals surface area contributed by atoms with Gasteiger partial charge in [0.25, 0.3) is 0 Å². The molecule has 4 nitrogen and oxygen atoms in total. The van der Waals surface area contributed by atoms with E-state index in [1.54, 1.807) is 6.07 Å². The van der Waals surface area contributed by atoms with E-state index in [1.165, 1.54) is 0 Å². The standard InChI is InChI=1S/C20H23ClN2O2/c1-13(2)20(25)22-16-10-8-14(3)18(12-16)23-19(24)11-9-15-6-4-5-7-17(15)21/h4-8,10,12-13H,9,11H2,1-3H3,(H,22,25)(H,23,24). The van der Waals surface area contributed by atoms with E-state index in [4.69, 9.17) is 11.6 Å². The van der Waals surface area contributed by atoms with Crippen molar-refractivity contribution in [3.8, 4) is 0 Å². The smallest absolute Gasteiger partial charge is 0.226 e. The highest BCUT2D eigenvalue weighted by atomic mass is 35.5. The lowest BCUT2D eigenvalue weighted by Crippen LogP contribution is -2.18. The van der Waals surface area contributed by atoms with Gasteiger partial charge >= 0.3 is 0 Å². The van der Waals surface area contributed by atoms with Gasteiger partial charge < -0.3 is 10.6 Å². The van der Waals surface area contributed by atoms with Gasteiger partial charge in [0.2, 0.25) is 11.8 Å². The van der Waals surface area contributed by atoms with Crippen molar-refractivity contribution in [2.45, 2.75) is 33.6 Å². The fourth-order valence-electron chi connectivity index (χ4n) is 2.28. The number of halogens is 1. The molecule has 0 radical (unpaired) electrons. The first-order chi connectivity index (χ1) is 11.9. The minimum absolute atomic E-state index is 0.0557. The fraction of sp³-hybridized carbons (Fsp3) is 0.300. The Kier molecular flexibility index (Phi) is 6.59. The molecular formula is C20H23ClN2O2. The molecule has 0 aliphatic heterocycles. The van der Waals surface area contributed by atoms with Crippen molar-refractivity contribution in [2.24, 2.45) is 5.92 Å². The van der Waals surface area contributed by atoms with Crippen molar-refractivity contribution in [2.75, 3.05) is 10.6 Å². The summed E-state index contributed by atoms with van der Waals surface area (Å²) < 4.78 is 0. The molecule has 0 saturated heterocycles. The molecule has 0 bridgehead atoms. The van der Waals surface area contributed by atoms with E-state index in [0.29, 0.717) is 29.2 Å². The third kappa shape index (κ3) is 5.61. The summed E-state index contributed by atoms with van der Waals surface area (Å²) in [6.07, 6.45) is 0.917. The van der Waals surface area contributed by atoms with Gasteiger partial charge in [-0.15, -0.1) is 0 Å². The average molecular weight is 359 g/mol. The molecule has 0 saturated carbocycles. The summed E-state index contributed by atoms with van der Waals surface area (Å²) in [6.45, 7) is 5.58. The molecule has 0 heterocycles. The fourth-order valence-corrected chi connectivity index (χ4v) is 2.51. The number of amides is 2. The van der Waals surface area contributed by atoms with Gasteiger partial charge in [0, 0.05) is 28.7 Å². The zero-order valence-electron chi connectivity index (χ0n) is 14.7. The number of carbonyl (C=O) groups is 2. The highest BCUT2D eigenvalue weighted by molar-refractivity contribution is 6.31. The van der Waals surface area contributed by atoms with Crippen molar-refractivity contribution >= 4 is 34.8 Å². The van der Waals surface area contributed by atoms with Crippen molar-refractivity contribution in [3.05, 3.63) is 58.6 Å². The number of benzene rings is 2. The second-order valence-corrected chi connectivity index (χ2v) is 6.72. The molecule has 2 aromatic rings. The Hall–Kier alpha value is -2.33. The summed E-state index contributed by atoms with van der Waals surface area (Å²) in [5.41, 5.74) is 3.26. The maximum absolute atomic E-state index is 12.2.